The molecule has 4 nitrogen and oxygen atoms in total. The van der Waals surface area contributed by atoms with Gasteiger partial charge >= 0.3 is 0 Å². The largest absolute Gasteiger partial charge is 0.455 e. The third kappa shape index (κ3) is 2.48. The highest BCUT2D eigenvalue weighted by Crippen LogP contribution is 2.28. The van der Waals surface area contributed by atoms with Crippen LogP contribution in [0.4, 0.5) is 0 Å². The molecule has 0 atom stereocenters. The minimum Gasteiger partial charge on any atom is -0.455 e. The lowest BCUT2D eigenvalue weighted by atomic mass is 10.2. The van der Waals surface area contributed by atoms with Crippen LogP contribution in [0.15, 0.2) is 22.9 Å². The Balaban J connectivity index is 2.36. The van der Waals surface area contributed by atoms with Crippen LogP contribution in [0.2, 0.25) is 0 Å². The van der Waals surface area contributed by atoms with Gasteiger partial charge in [-0.3, -0.25) is 4.98 Å². The van der Waals surface area contributed by atoms with Gasteiger partial charge < -0.3 is 13.9 Å². The molecule has 2 aromatic heterocycles. The first-order valence-corrected chi connectivity index (χ1v) is 5.83. The molecular weight excluding hydrogens is 218 g/mol. The molecular formula is C13H17NO3. The molecule has 2 rings (SSSR count). The van der Waals surface area contributed by atoms with E-state index in [0.29, 0.717) is 19.0 Å². The normalized spacial score (nSPS) is 11.5. The van der Waals surface area contributed by atoms with Crippen LogP contribution in [0.1, 0.15) is 31.5 Å². The summed E-state index contributed by atoms with van der Waals surface area (Å²) in [6, 6.07) is 1.92. The third-order valence-electron chi connectivity index (χ3n) is 2.49. The molecule has 4 heteroatoms. The maximum atomic E-state index is 5.78. The van der Waals surface area contributed by atoms with Crippen LogP contribution in [0, 0.1) is 6.92 Å². The first-order chi connectivity index (χ1) is 8.26. The van der Waals surface area contributed by atoms with Crippen molar-refractivity contribution in [2.45, 2.75) is 27.1 Å². The SMILES string of the molecule is CCOC(OCC)c1cc2cncc(C)c2o1. The number of hydrogen-bond donors (Lipinski definition) is 0. The van der Waals surface area contributed by atoms with Gasteiger partial charge in [-0.25, -0.2) is 0 Å². The molecule has 17 heavy (non-hydrogen) atoms. The standard InChI is InChI=1S/C13H17NO3/c1-4-15-13(16-5-2)11-6-10-8-14-7-9(3)12(10)17-11/h6-8,13H,4-5H2,1-3H3. The number of furan rings is 1. The van der Waals surface area contributed by atoms with Gasteiger partial charge in [0.25, 0.3) is 0 Å². The summed E-state index contributed by atoms with van der Waals surface area (Å²) in [5.74, 6) is 0.694. The van der Waals surface area contributed by atoms with Crippen LogP contribution < -0.4 is 0 Å². The Morgan fingerprint density at radius 2 is 1.94 bits per heavy atom. The highest BCUT2D eigenvalue weighted by Gasteiger charge is 2.17. The minimum absolute atomic E-state index is 0.434. The van der Waals surface area contributed by atoms with E-state index in [1.165, 1.54) is 0 Å². The van der Waals surface area contributed by atoms with Crippen molar-refractivity contribution in [3.63, 3.8) is 0 Å². The summed E-state index contributed by atoms with van der Waals surface area (Å²) in [6.07, 6.45) is 3.13. The summed E-state index contributed by atoms with van der Waals surface area (Å²) in [6.45, 7) is 7.00. The maximum absolute atomic E-state index is 5.78. The first kappa shape index (κ1) is 12.1. The molecule has 92 valence electrons. The lowest BCUT2D eigenvalue weighted by molar-refractivity contribution is -0.150. The van der Waals surface area contributed by atoms with Crippen LogP contribution in [0.25, 0.3) is 11.0 Å². The molecule has 0 fully saturated rings. The van der Waals surface area contributed by atoms with Crippen molar-refractivity contribution in [3.05, 3.63) is 29.8 Å². The summed E-state index contributed by atoms with van der Waals surface area (Å²) >= 11 is 0. The highest BCUT2D eigenvalue weighted by molar-refractivity contribution is 5.79. The maximum Gasteiger partial charge on any atom is 0.217 e. The van der Waals surface area contributed by atoms with Crippen LogP contribution in [0.3, 0.4) is 0 Å². The Morgan fingerprint density at radius 1 is 1.24 bits per heavy atom. The van der Waals surface area contributed by atoms with Crippen LogP contribution >= 0.6 is 0 Å². The van der Waals surface area contributed by atoms with Gasteiger partial charge in [0.05, 0.1) is 0 Å². The van der Waals surface area contributed by atoms with Crippen molar-refractivity contribution in [2.24, 2.45) is 0 Å². The quantitative estimate of drug-likeness (QED) is 0.746. The lowest BCUT2D eigenvalue weighted by Gasteiger charge is -2.13. The predicted octanol–water partition coefficient (Wildman–Crippen LogP) is 3.21. The fraction of sp³-hybridized carbons (Fsp3) is 0.462. The summed E-state index contributed by atoms with van der Waals surface area (Å²) in [5, 5.41) is 0.976. The van der Waals surface area contributed by atoms with Gasteiger partial charge in [-0.1, -0.05) is 0 Å². The molecule has 0 N–H and O–H groups in total. The van der Waals surface area contributed by atoms with Crippen molar-refractivity contribution < 1.29 is 13.9 Å². The summed E-state index contributed by atoms with van der Waals surface area (Å²) in [5.41, 5.74) is 1.86. The smallest absolute Gasteiger partial charge is 0.217 e. The molecule has 2 heterocycles. The molecule has 0 aliphatic rings. The van der Waals surface area contributed by atoms with E-state index in [0.717, 1.165) is 16.5 Å². The molecule has 0 aromatic carbocycles. The Morgan fingerprint density at radius 3 is 2.53 bits per heavy atom. The molecule has 0 bridgehead atoms. The first-order valence-electron chi connectivity index (χ1n) is 5.83. The second-order valence-electron chi connectivity index (χ2n) is 3.77. The molecule has 0 saturated heterocycles. The van der Waals surface area contributed by atoms with Gasteiger partial charge in [0.2, 0.25) is 6.29 Å². The number of rotatable bonds is 5. The molecule has 2 aromatic rings. The highest BCUT2D eigenvalue weighted by atomic mass is 16.7. The number of pyridine rings is 1. The van der Waals surface area contributed by atoms with Gasteiger partial charge in [0.1, 0.15) is 5.58 Å². The predicted molar refractivity (Wildman–Crippen MR) is 64.7 cm³/mol. The number of fused-ring (bicyclic) bond motifs is 1. The van der Waals surface area contributed by atoms with Crippen LogP contribution in [-0.2, 0) is 9.47 Å². The second-order valence-corrected chi connectivity index (χ2v) is 3.77. The van der Waals surface area contributed by atoms with Crippen LogP contribution in [-0.4, -0.2) is 18.2 Å². The number of nitrogens with zero attached hydrogens (tertiary/aromatic N) is 1. The van der Waals surface area contributed by atoms with E-state index in [2.05, 4.69) is 4.98 Å². The Labute approximate surface area is 101 Å². The second kappa shape index (κ2) is 5.29. The Bertz CT molecular complexity index is 486. The van der Waals surface area contributed by atoms with Gasteiger partial charge in [-0.2, -0.15) is 0 Å². The van der Waals surface area contributed by atoms with E-state index >= 15 is 0 Å². The molecule has 0 amide bonds. The van der Waals surface area contributed by atoms with Gasteiger partial charge in [0.15, 0.2) is 5.76 Å². The fourth-order valence-corrected chi connectivity index (χ4v) is 1.75. The molecule has 0 spiro atoms. The zero-order chi connectivity index (χ0) is 12.3. The Hall–Kier alpha value is -1.39. The van der Waals surface area contributed by atoms with E-state index in [1.807, 2.05) is 26.8 Å². The lowest BCUT2D eigenvalue weighted by Crippen LogP contribution is -2.07. The Kier molecular flexibility index (Phi) is 3.76. The molecule has 0 unspecified atom stereocenters. The van der Waals surface area contributed by atoms with Crippen molar-refractivity contribution in [3.8, 4) is 0 Å². The van der Waals surface area contributed by atoms with E-state index in [-0.39, 0.29) is 0 Å². The third-order valence-corrected chi connectivity index (χ3v) is 2.49. The molecule has 0 aliphatic carbocycles. The average Bonchev–Trinajstić information content (AvgIpc) is 2.74. The summed E-state index contributed by atoms with van der Waals surface area (Å²) in [4.78, 5) is 4.14. The summed E-state index contributed by atoms with van der Waals surface area (Å²) in [7, 11) is 0. The topological polar surface area (TPSA) is 44.5 Å². The van der Waals surface area contributed by atoms with Crippen LogP contribution in [0.5, 0.6) is 0 Å². The van der Waals surface area contributed by atoms with Crippen molar-refractivity contribution in [1.82, 2.24) is 4.98 Å². The number of aryl methyl sites for hydroxylation is 1. The summed E-state index contributed by atoms with van der Waals surface area (Å²) < 4.78 is 16.8. The van der Waals surface area contributed by atoms with E-state index in [9.17, 15) is 0 Å². The number of ether oxygens (including phenoxy) is 2. The van der Waals surface area contributed by atoms with E-state index < -0.39 is 6.29 Å². The average molecular weight is 235 g/mol. The molecule has 0 saturated carbocycles. The number of aromatic nitrogens is 1. The van der Waals surface area contributed by atoms with Crippen molar-refractivity contribution >= 4 is 11.0 Å². The fourth-order valence-electron chi connectivity index (χ4n) is 1.75. The van der Waals surface area contributed by atoms with Gasteiger partial charge in [-0.05, 0) is 26.8 Å². The number of hydrogen-bond acceptors (Lipinski definition) is 4. The van der Waals surface area contributed by atoms with Crippen molar-refractivity contribution in [1.29, 1.82) is 0 Å². The van der Waals surface area contributed by atoms with E-state index in [1.54, 1.807) is 12.4 Å². The van der Waals surface area contributed by atoms with Crippen molar-refractivity contribution in [2.75, 3.05) is 13.2 Å². The molecule has 0 aliphatic heterocycles. The van der Waals surface area contributed by atoms with E-state index in [4.69, 9.17) is 13.9 Å². The monoisotopic (exact) mass is 235 g/mol. The zero-order valence-electron chi connectivity index (χ0n) is 10.4. The van der Waals surface area contributed by atoms with Gasteiger partial charge in [0, 0.05) is 36.6 Å². The zero-order valence-corrected chi connectivity index (χ0v) is 10.4. The minimum atomic E-state index is -0.434. The molecule has 0 radical (unpaired) electrons. The van der Waals surface area contributed by atoms with Gasteiger partial charge in [-0.15, -0.1) is 0 Å².